The third-order valence-corrected chi connectivity index (χ3v) is 2.97. The number of ether oxygens (including phenoxy) is 1. The minimum absolute atomic E-state index is 0.104. The van der Waals surface area contributed by atoms with Gasteiger partial charge in [0.25, 0.3) is 0 Å². The molecule has 0 bridgehead atoms. The van der Waals surface area contributed by atoms with Crippen LogP contribution in [0.2, 0.25) is 5.02 Å². The van der Waals surface area contributed by atoms with Crippen LogP contribution < -0.4 is 0 Å². The molecular formula is C13H17ClN2O3. The average Bonchev–Trinajstić information content (AvgIpc) is 2.81. The Morgan fingerprint density at radius 3 is 2.68 bits per heavy atom. The van der Waals surface area contributed by atoms with Crippen molar-refractivity contribution in [3.8, 4) is 0 Å². The van der Waals surface area contributed by atoms with E-state index in [1.807, 2.05) is 13.8 Å². The van der Waals surface area contributed by atoms with Crippen LogP contribution in [0.1, 0.15) is 42.8 Å². The van der Waals surface area contributed by atoms with Crippen molar-refractivity contribution in [3.05, 3.63) is 34.6 Å². The van der Waals surface area contributed by atoms with Gasteiger partial charge < -0.3 is 9.84 Å². The Balaban J connectivity index is 0.000000861. The van der Waals surface area contributed by atoms with Gasteiger partial charge in [-0.3, -0.25) is 0 Å². The molecule has 0 aliphatic heterocycles. The maximum atomic E-state index is 11.2. The van der Waals surface area contributed by atoms with Crippen LogP contribution in [0.15, 0.2) is 18.5 Å². The second-order valence-electron chi connectivity index (χ2n) is 3.61. The normalized spacial score (nSPS) is 11.8. The molecule has 0 aromatic carbocycles. The predicted molar refractivity (Wildman–Crippen MR) is 73.9 cm³/mol. The lowest BCUT2D eigenvalue weighted by atomic mass is 10.1. The van der Waals surface area contributed by atoms with E-state index in [2.05, 4.69) is 5.10 Å². The second kappa shape index (κ2) is 6.54. The lowest BCUT2D eigenvalue weighted by Crippen LogP contribution is -2.10. The first-order valence-corrected chi connectivity index (χ1v) is 6.36. The van der Waals surface area contributed by atoms with Crippen LogP contribution in [0.5, 0.6) is 0 Å². The fourth-order valence-electron chi connectivity index (χ4n) is 1.76. The minimum Gasteiger partial charge on any atom is -0.478 e. The first-order valence-electron chi connectivity index (χ1n) is 5.98. The maximum Gasteiger partial charge on any atom is 0.337 e. The van der Waals surface area contributed by atoms with Crippen molar-refractivity contribution in [2.45, 2.75) is 26.9 Å². The Hall–Kier alpha value is -1.59. The van der Waals surface area contributed by atoms with Gasteiger partial charge in [0.1, 0.15) is 0 Å². The lowest BCUT2D eigenvalue weighted by molar-refractivity contribution is 0.0683. The molecule has 0 aliphatic carbocycles. The number of halogens is 1. The van der Waals surface area contributed by atoms with Gasteiger partial charge in [0.05, 0.1) is 28.4 Å². The van der Waals surface area contributed by atoms with Crippen molar-refractivity contribution < 1.29 is 14.6 Å². The van der Waals surface area contributed by atoms with Crippen molar-refractivity contribution in [2.24, 2.45) is 0 Å². The van der Waals surface area contributed by atoms with Crippen LogP contribution in [0.25, 0.3) is 5.52 Å². The standard InChI is InChI=1S/C11H11ClN2O3.C2H6/c1-6(17-2)9-7(11(15)16)5-13-14-4-3-8(12)10(9)14;1-2/h3-6H,1-2H3,(H,15,16);1-2H3. The number of aromatic carboxylic acids is 1. The van der Waals surface area contributed by atoms with Gasteiger partial charge >= 0.3 is 5.97 Å². The highest BCUT2D eigenvalue weighted by Crippen LogP contribution is 2.30. The number of fused-ring (bicyclic) bond motifs is 1. The number of carbonyl (C=O) groups is 1. The van der Waals surface area contributed by atoms with Crippen LogP contribution in [0.4, 0.5) is 0 Å². The lowest BCUT2D eigenvalue weighted by Gasteiger charge is -2.14. The van der Waals surface area contributed by atoms with Gasteiger partial charge in [0.2, 0.25) is 0 Å². The molecule has 2 heterocycles. The van der Waals surface area contributed by atoms with E-state index in [4.69, 9.17) is 21.4 Å². The molecule has 6 heteroatoms. The summed E-state index contributed by atoms with van der Waals surface area (Å²) in [7, 11) is 1.52. The Bertz CT molecular complexity index is 581. The molecule has 0 fully saturated rings. The van der Waals surface area contributed by atoms with Gasteiger partial charge in [0, 0.05) is 18.9 Å². The van der Waals surface area contributed by atoms with Gasteiger partial charge in [0.15, 0.2) is 0 Å². The number of hydrogen-bond donors (Lipinski definition) is 1. The maximum absolute atomic E-state index is 11.2. The van der Waals surface area contributed by atoms with Gasteiger partial charge in [-0.25, -0.2) is 9.31 Å². The third kappa shape index (κ3) is 2.88. The molecule has 0 saturated carbocycles. The number of rotatable bonds is 3. The van der Waals surface area contributed by atoms with Gasteiger partial charge in [-0.05, 0) is 13.0 Å². The van der Waals surface area contributed by atoms with E-state index in [-0.39, 0.29) is 11.7 Å². The fourth-order valence-corrected chi connectivity index (χ4v) is 2.01. The molecule has 2 rings (SSSR count). The number of carboxylic acids is 1. The number of carboxylic acid groups (broad SMARTS) is 1. The molecule has 104 valence electrons. The number of methoxy groups -OCH3 is 1. The summed E-state index contributed by atoms with van der Waals surface area (Å²) in [6.07, 6.45) is 2.60. The van der Waals surface area contributed by atoms with Crippen LogP contribution in [-0.4, -0.2) is 27.8 Å². The monoisotopic (exact) mass is 284 g/mol. The largest absolute Gasteiger partial charge is 0.478 e. The smallest absolute Gasteiger partial charge is 0.337 e. The van der Waals surface area contributed by atoms with E-state index in [9.17, 15) is 4.79 Å². The summed E-state index contributed by atoms with van der Waals surface area (Å²) in [6.45, 7) is 5.77. The van der Waals surface area contributed by atoms with Crippen LogP contribution >= 0.6 is 11.6 Å². The predicted octanol–water partition coefficient (Wildman–Crippen LogP) is 3.42. The Labute approximate surface area is 116 Å². The zero-order chi connectivity index (χ0) is 14.6. The highest BCUT2D eigenvalue weighted by molar-refractivity contribution is 6.34. The summed E-state index contributed by atoms with van der Waals surface area (Å²) in [4.78, 5) is 11.2. The molecule has 1 unspecified atom stereocenters. The van der Waals surface area contributed by atoms with E-state index < -0.39 is 5.97 Å². The molecular weight excluding hydrogens is 268 g/mol. The quantitative estimate of drug-likeness (QED) is 0.938. The second-order valence-corrected chi connectivity index (χ2v) is 4.02. The van der Waals surface area contributed by atoms with E-state index in [0.29, 0.717) is 16.1 Å². The van der Waals surface area contributed by atoms with Crippen LogP contribution in [0, 0.1) is 0 Å². The molecule has 2 aromatic heterocycles. The SMILES string of the molecule is CC.COC(C)c1c(C(=O)O)cnn2ccc(Cl)c12. The average molecular weight is 285 g/mol. The first-order chi connectivity index (χ1) is 9.06. The van der Waals surface area contributed by atoms with Crippen molar-refractivity contribution in [3.63, 3.8) is 0 Å². The summed E-state index contributed by atoms with van der Waals surface area (Å²) in [6, 6.07) is 1.67. The fraction of sp³-hybridized carbons (Fsp3) is 0.385. The zero-order valence-electron chi connectivity index (χ0n) is 11.3. The highest BCUT2D eigenvalue weighted by atomic mass is 35.5. The van der Waals surface area contributed by atoms with E-state index in [1.54, 1.807) is 23.7 Å². The number of aromatic nitrogens is 2. The molecule has 5 nitrogen and oxygen atoms in total. The molecule has 0 aliphatic rings. The van der Waals surface area contributed by atoms with Crippen molar-refractivity contribution in [1.82, 2.24) is 9.61 Å². The molecule has 0 spiro atoms. The molecule has 0 amide bonds. The molecule has 0 radical (unpaired) electrons. The van der Waals surface area contributed by atoms with E-state index >= 15 is 0 Å². The van der Waals surface area contributed by atoms with Crippen molar-refractivity contribution in [2.75, 3.05) is 7.11 Å². The van der Waals surface area contributed by atoms with E-state index in [1.165, 1.54) is 13.3 Å². The highest BCUT2D eigenvalue weighted by Gasteiger charge is 2.21. The Morgan fingerprint density at radius 2 is 2.16 bits per heavy atom. The number of nitrogens with zero attached hydrogens (tertiary/aromatic N) is 2. The minimum atomic E-state index is -1.05. The zero-order valence-corrected chi connectivity index (χ0v) is 12.1. The van der Waals surface area contributed by atoms with Gasteiger partial charge in [-0.2, -0.15) is 5.10 Å². The summed E-state index contributed by atoms with van der Waals surface area (Å²) >= 11 is 6.05. The molecule has 2 aromatic rings. The van der Waals surface area contributed by atoms with Crippen molar-refractivity contribution in [1.29, 1.82) is 0 Å². The summed E-state index contributed by atoms with van der Waals surface area (Å²) in [5, 5.41) is 13.6. The Morgan fingerprint density at radius 1 is 1.53 bits per heavy atom. The third-order valence-electron chi connectivity index (χ3n) is 2.66. The van der Waals surface area contributed by atoms with Crippen molar-refractivity contribution >= 4 is 23.1 Å². The van der Waals surface area contributed by atoms with Crippen LogP contribution in [-0.2, 0) is 4.74 Å². The van der Waals surface area contributed by atoms with Gasteiger partial charge in [-0.15, -0.1) is 0 Å². The topological polar surface area (TPSA) is 63.8 Å². The summed E-state index contributed by atoms with van der Waals surface area (Å²) in [5.74, 6) is -1.05. The Kier molecular flexibility index (Phi) is 5.32. The molecule has 19 heavy (non-hydrogen) atoms. The summed E-state index contributed by atoms with van der Waals surface area (Å²) in [5.41, 5.74) is 1.21. The van der Waals surface area contributed by atoms with E-state index in [0.717, 1.165) is 0 Å². The molecule has 0 saturated heterocycles. The molecule has 1 N–H and O–H groups in total. The first kappa shape index (κ1) is 15.5. The van der Waals surface area contributed by atoms with Gasteiger partial charge in [-0.1, -0.05) is 25.4 Å². The molecule has 1 atom stereocenters. The summed E-state index contributed by atoms with van der Waals surface area (Å²) < 4.78 is 6.74. The van der Waals surface area contributed by atoms with Crippen LogP contribution in [0.3, 0.4) is 0 Å². The number of hydrogen-bond acceptors (Lipinski definition) is 3.